The zero-order valence-electron chi connectivity index (χ0n) is 9.85. The summed E-state index contributed by atoms with van der Waals surface area (Å²) in [6, 6.07) is 3.57. The number of carbonyl (C=O) groups is 1. The summed E-state index contributed by atoms with van der Waals surface area (Å²) >= 11 is 4.95. The van der Waals surface area contributed by atoms with E-state index in [2.05, 4.69) is 15.9 Å². The minimum absolute atomic E-state index is 0.270. The Kier molecular flexibility index (Phi) is 4.08. The maximum atomic E-state index is 11.9. The molecule has 0 aromatic carbocycles. The van der Waals surface area contributed by atoms with Gasteiger partial charge in [0, 0.05) is 17.2 Å². The minimum Gasteiger partial charge on any atom is -0.455 e. The maximum Gasteiger partial charge on any atom is 0.355 e. The highest BCUT2D eigenvalue weighted by Crippen LogP contribution is 2.23. The van der Waals surface area contributed by atoms with Gasteiger partial charge in [0.15, 0.2) is 0 Å². The summed E-state index contributed by atoms with van der Waals surface area (Å²) in [6.07, 6.45) is 1.73. The van der Waals surface area contributed by atoms with Crippen molar-refractivity contribution in [1.82, 2.24) is 4.57 Å². The van der Waals surface area contributed by atoms with Crippen molar-refractivity contribution < 1.29 is 9.53 Å². The molecule has 0 saturated heterocycles. The lowest BCUT2D eigenvalue weighted by Crippen LogP contribution is -2.10. The molecule has 0 unspecified atom stereocenters. The average molecular weight is 329 g/mol. The van der Waals surface area contributed by atoms with Gasteiger partial charge in [0.25, 0.3) is 0 Å². The Morgan fingerprint density at radius 3 is 3.00 bits per heavy atom. The Morgan fingerprint density at radius 2 is 2.39 bits per heavy atom. The van der Waals surface area contributed by atoms with E-state index in [1.54, 1.807) is 28.2 Å². The number of nitrogen functional groups attached to an aromatic ring is 1. The molecule has 0 radical (unpaired) electrons. The molecule has 4 nitrogen and oxygen atoms in total. The molecule has 0 atom stereocenters. The average Bonchev–Trinajstić information content (AvgIpc) is 2.92. The van der Waals surface area contributed by atoms with Crippen LogP contribution in [-0.4, -0.2) is 10.5 Å². The fourth-order valence-corrected chi connectivity index (χ4v) is 2.98. The number of hydrogen-bond donors (Lipinski definition) is 1. The molecule has 96 valence electrons. The number of aromatic nitrogens is 1. The fourth-order valence-electron chi connectivity index (χ4n) is 1.60. The second-order valence-corrected chi connectivity index (χ2v) is 5.57. The summed E-state index contributed by atoms with van der Waals surface area (Å²) in [5.41, 5.74) is 6.73. The normalized spacial score (nSPS) is 10.6. The summed E-state index contributed by atoms with van der Waals surface area (Å²) < 4.78 is 8.02. The van der Waals surface area contributed by atoms with Crippen molar-refractivity contribution in [2.75, 3.05) is 5.73 Å². The molecule has 0 fully saturated rings. The summed E-state index contributed by atoms with van der Waals surface area (Å²) in [5, 5.41) is 1.94. The van der Waals surface area contributed by atoms with Crippen molar-refractivity contribution in [2.45, 2.75) is 20.1 Å². The first-order chi connectivity index (χ1) is 8.61. The third-order valence-electron chi connectivity index (χ3n) is 2.49. The second-order valence-electron chi connectivity index (χ2n) is 3.71. The molecule has 0 spiro atoms. The molecular formula is C12H13BrN2O2S. The zero-order valence-corrected chi connectivity index (χ0v) is 12.3. The van der Waals surface area contributed by atoms with E-state index >= 15 is 0 Å². The van der Waals surface area contributed by atoms with Crippen LogP contribution in [0.1, 0.15) is 22.3 Å². The molecule has 2 N–H and O–H groups in total. The van der Waals surface area contributed by atoms with E-state index in [0.29, 0.717) is 17.9 Å². The van der Waals surface area contributed by atoms with Gasteiger partial charge in [-0.25, -0.2) is 4.79 Å². The summed E-state index contributed by atoms with van der Waals surface area (Å²) in [7, 11) is 0. The SMILES string of the molecule is CCn1cc(N)cc1C(=O)OCc1sccc1Br. The van der Waals surface area contributed by atoms with E-state index in [1.165, 1.54) is 0 Å². The van der Waals surface area contributed by atoms with Gasteiger partial charge in [-0.15, -0.1) is 11.3 Å². The molecule has 6 heteroatoms. The van der Waals surface area contributed by atoms with Gasteiger partial charge in [-0.1, -0.05) is 0 Å². The molecule has 0 amide bonds. The van der Waals surface area contributed by atoms with Crippen LogP contribution in [0.25, 0.3) is 0 Å². The van der Waals surface area contributed by atoms with Crippen molar-refractivity contribution >= 4 is 38.9 Å². The Labute approximate surface area is 117 Å². The fraction of sp³-hybridized carbons (Fsp3) is 0.250. The minimum atomic E-state index is -0.353. The van der Waals surface area contributed by atoms with Crippen molar-refractivity contribution in [1.29, 1.82) is 0 Å². The van der Waals surface area contributed by atoms with Crippen LogP contribution in [0.3, 0.4) is 0 Å². The Morgan fingerprint density at radius 1 is 1.61 bits per heavy atom. The first kappa shape index (κ1) is 13.2. The van der Waals surface area contributed by atoms with E-state index in [1.807, 2.05) is 18.4 Å². The van der Waals surface area contributed by atoms with Gasteiger partial charge >= 0.3 is 5.97 Å². The number of ether oxygens (including phenoxy) is 1. The van der Waals surface area contributed by atoms with Crippen LogP contribution in [0.2, 0.25) is 0 Å². The van der Waals surface area contributed by atoms with E-state index < -0.39 is 0 Å². The van der Waals surface area contributed by atoms with E-state index in [-0.39, 0.29) is 12.6 Å². The van der Waals surface area contributed by atoms with Gasteiger partial charge in [-0.3, -0.25) is 0 Å². The van der Waals surface area contributed by atoms with Gasteiger partial charge in [0.2, 0.25) is 0 Å². The molecule has 18 heavy (non-hydrogen) atoms. The quantitative estimate of drug-likeness (QED) is 0.876. The number of esters is 1. The van der Waals surface area contributed by atoms with Crippen LogP contribution in [0.4, 0.5) is 5.69 Å². The third-order valence-corrected chi connectivity index (χ3v) is 4.39. The predicted molar refractivity (Wildman–Crippen MR) is 75.7 cm³/mol. The Balaban J connectivity index is 2.06. The molecule has 2 aromatic rings. The van der Waals surface area contributed by atoms with Gasteiger partial charge in [-0.2, -0.15) is 0 Å². The third kappa shape index (κ3) is 2.76. The van der Waals surface area contributed by atoms with Gasteiger partial charge < -0.3 is 15.0 Å². The van der Waals surface area contributed by atoms with Crippen molar-refractivity contribution in [3.63, 3.8) is 0 Å². The van der Waals surface area contributed by atoms with Gasteiger partial charge in [0.05, 0.1) is 10.6 Å². The summed E-state index contributed by atoms with van der Waals surface area (Å²) in [5.74, 6) is -0.353. The molecule has 0 aliphatic carbocycles. The summed E-state index contributed by atoms with van der Waals surface area (Å²) in [6.45, 7) is 2.91. The van der Waals surface area contributed by atoms with Crippen molar-refractivity contribution in [3.05, 3.63) is 38.8 Å². The first-order valence-corrected chi connectivity index (χ1v) is 7.13. The standard InChI is InChI=1S/C12H13BrN2O2S/c1-2-15-6-8(14)5-10(15)12(16)17-7-11-9(13)3-4-18-11/h3-6H,2,7,14H2,1H3. The van der Waals surface area contributed by atoms with Crippen LogP contribution in [0.5, 0.6) is 0 Å². The van der Waals surface area contributed by atoms with Gasteiger partial charge in [0.1, 0.15) is 12.3 Å². The number of halogens is 1. The number of nitrogens with zero attached hydrogens (tertiary/aromatic N) is 1. The Bertz CT molecular complexity index is 562. The maximum absolute atomic E-state index is 11.9. The van der Waals surface area contributed by atoms with Crippen LogP contribution >= 0.6 is 27.3 Å². The highest BCUT2D eigenvalue weighted by Gasteiger charge is 2.14. The van der Waals surface area contributed by atoms with E-state index in [0.717, 1.165) is 9.35 Å². The highest BCUT2D eigenvalue weighted by atomic mass is 79.9. The largest absolute Gasteiger partial charge is 0.455 e. The molecule has 0 saturated carbocycles. The zero-order chi connectivity index (χ0) is 13.1. The van der Waals surface area contributed by atoms with Crippen molar-refractivity contribution in [2.24, 2.45) is 0 Å². The van der Waals surface area contributed by atoms with Gasteiger partial charge in [-0.05, 0) is 40.4 Å². The Hall–Kier alpha value is -1.27. The molecular weight excluding hydrogens is 316 g/mol. The number of anilines is 1. The molecule has 0 aliphatic heterocycles. The molecule has 2 heterocycles. The van der Waals surface area contributed by atoms with Crippen molar-refractivity contribution in [3.8, 4) is 0 Å². The number of carbonyl (C=O) groups excluding carboxylic acids is 1. The van der Waals surface area contributed by atoms with E-state index in [9.17, 15) is 4.79 Å². The smallest absolute Gasteiger partial charge is 0.355 e. The number of thiophene rings is 1. The monoisotopic (exact) mass is 328 g/mol. The lowest BCUT2D eigenvalue weighted by molar-refractivity contribution is 0.0463. The van der Waals surface area contributed by atoms with Crippen LogP contribution in [0, 0.1) is 0 Å². The lowest BCUT2D eigenvalue weighted by Gasteiger charge is -2.06. The molecule has 0 bridgehead atoms. The van der Waals surface area contributed by atoms with Crippen LogP contribution in [0.15, 0.2) is 28.2 Å². The van der Waals surface area contributed by atoms with Crippen LogP contribution in [-0.2, 0) is 17.9 Å². The molecule has 2 aromatic heterocycles. The predicted octanol–water partition coefficient (Wildman–Crippen LogP) is 3.27. The number of rotatable bonds is 4. The number of aryl methyl sites for hydroxylation is 1. The van der Waals surface area contributed by atoms with E-state index in [4.69, 9.17) is 10.5 Å². The summed E-state index contributed by atoms with van der Waals surface area (Å²) in [4.78, 5) is 12.9. The van der Waals surface area contributed by atoms with Crippen LogP contribution < -0.4 is 5.73 Å². The highest BCUT2D eigenvalue weighted by molar-refractivity contribution is 9.10. The first-order valence-electron chi connectivity index (χ1n) is 5.46. The second kappa shape index (κ2) is 5.58. The topological polar surface area (TPSA) is 57.2 Å². The number of nitrogens with two attached hydrogens (primary N) is 1. The number of hydrogen-bond acceptors (Lipinski definition) is 4. The molecule has 0 aliphatic rings. The molecule has 2 rings (SSSR count). The lowest BCUT2D eigenvalue weighted by atomic mass is 10.4.